The predicted molar refractivity (Wildman–Crippen MR) is 202 cm³/mol. The monoisotopic (exact) mass is 753 g/mol. The minimum absolute atomic E-state index is 0.101. The Morgan fingerprint density at radius 1 is 0.660 bits per heavy atom. The third-order valence-electron chi connectivity index (χ3n) is 9.00. The van der Waals surface area contributed by atoms with E-state index in [0.29, 0.717) is 12.8 Å². The van der Waals surface area contributed by atoms with E-state index in [9.17, 15) is 39.0 Å². The van der Waals surface area contributed by atoms with Crippen molar-refractivity contribution in [3.05, 3.63) is 12.2 Å². The van der Waals surface area contributed by atoms with Crippen LogP contribution in [0.25, 0.3) is 0 Å². The van der Waals surface area contributed by atoms with Gasteiger partial charge in [-0.05, 0) is 69.6 Å². The van der Waals surface area contributed by atoms with Crippen LogP contribution in [0.1, 0.15) is 120 Å². The zero-order chi connectivity index (χ0) is 40.2. The lowest BCUT2D eigenvalue weighted by atomic mass is 9.99. The standard InChI is InChI=1S/C38H68N6O9/c1-9-10-11-12-13-14-15-16-17-18-29-30(39)36(50)40-26(19-22(2)3)33(47)42-28(21-45)35(49)44-32(25(8)46)37(51)41-27(20-23(4)5)34(48)43-31(24(6)7)38(52)53-29/h14-15,22-32,45-46H,9-13,16-21,39H2,1-8H3,(H,40,50)(H,41,51)(H,42,47)(H,43,48)(H,44,49)/b15-14-/t25-,26+,27+,28+,29?,30+,31?,32+/m1/s1. The number of rotatable bonds is 16. The van der Waals surface area contributed by atoms with E-state index >= 15 is 0 Å². The molecule has 1 saturated heterocycles. The second-order valence-corrected chi connectivity index (χ2v) is 15.3. The summed E-state index contributed by atoms with van der Waals surface area (Å²) in [6, 6.07) is -8.10. The number of aliphatic hydroxyl groups excluding tert-OH is 2. The summed E-state index contributed by atoms with van der Waals surface area (Å²) in [5, 5.41) is 33.2. The number of carbonyl (C=O) groups excluding carboxylic acids is 6. The lowest BCUT2D eigenvalue weighted by Crippen LogP contribution is -2.62. The van der Waals surface area contributed by atoms with Crippen LogP contribution in [0.5, 0.6) is 0 Å². The molecule has 0 aromatic carbocycles. The van der Waals surface area contributed by atoms with Gasteiger partial charge >= 0.3 is 5.97 Å². The fourth-order valence-corrected chi connectivity index (χ4v) is 5.88. The molecule has 9 N–H and O–H groups in total. The topological polar surface area (TPSA) is 238 Å². The van der Waals surface area contributed by atoms with Crippen molar-refractivity contribution in [2.75, 3.05) is 6.61 Å². The van der Waals surface area contributed by atoms with Crippen LogP contribution in [0, 0.1) is 17.8 Å². The fraction of sp³-hybridized carbons (Fsp3) is 0.789. The molecule has 53 heavy (non-hydrogen) atoms. The van der Waals surface area contributed by atoms with Crippen LogP contribution in [0.15, 0.2) is 12.2 Å². The summed E-state index contributed by atoms with van der Waals surface area (Å²) >= 11 is 0. The molecule has 0 spiro atoms. The van der Waals surface area contributed by atoms with Crippen molar-refractivity contribution < 1.29 is 43.7 Å². The van der Waals surface area contributed by atoms with Gasteiger partial charge < -0.3 is 47.3 Å². The molecule has 0 radical (unpaired) electrons. The van der Waals surface area contributed by atoms with Gasteiger partial charge in [-0.2, -0.15) is 0 Å². The number of hydrogen-bond acceptors (Lipinski definition) is 10. The molecule has 1 heterocycles. The van der Waals surface area contributed by atoms with Crippen LogP contribution < -0.4 is 32.3 Å². The first kappa shape index (κ1) is 47.5. The molecule has 1 aliphatic heterocycles. The lowest BCUT2D eigenvalue weighted by Gasteiger charge is -2.30. The highest BCUT2D eigenvalue weighted by Crippen LogP contribution is 2.16. The maximum absolute atomic E-state index is 13.8. The molecule has 1 aliphatic rings. The molecule has 0 aliphatic carbocycles. The number of hydrogen-bond donors (Lipinski definition) is 8. The van der Waals surface area contributed by atoms with Crippen molar-refractivity contribution in [2.24, 2.45) is 23.5 Å². The smallest absolute Gasteiger partial charge is 0.329 e. The average Bonchev–Trinajstić information content (AvgIpc) is 3.07. The third kappa shape index (κ3) is 17.4. The van der Waals surface area contributed by atoms with E-state index in [4.69, 9.17) is 10.5 Å². The Bertz CT molecular complexity index is 1210. The van der Waals surface area contributed by atoms with E-state index < -0.39 is 96.5 Å². The van der Waals surface area contributed by atoms with Crippen molar-refractivity contribution in [1.29, 1.82) is 0 Å². The van der Waals surface area contributed by atoms with Gasteiger partial charge in [-0.25, -0.2) is 4.79 Å². The Balaban J connectivity index is 3.60. The molecule has 5 amide bonds. The second-order valence-electron chi connectivity index (χ2n) is 15.3. The molecule has 2 unspecified atom stereocenters. The SMILES string of the molecule is CCCCCC/C=C\CCCC1OC(=O)C(C(C)C)NC(=O)[C@H](CC(C)C)NC(=O)[C@H]([C@@H](C)O)NC(=O)[C@H](CO)NC(=O)[C@H](CC(C)C)NC(=O)[C@H]1N. The number of esters is 1. The Morgan fingerprint density at radius 3 is 1.66 bits per heavy atom. The van der Waals surface area contributed by atoms with Crippen molar-refractivity contribution in [3.8, 4) is 0 Å². The molecular formula is C38H68N6O9. The van der Waals surface area contributed by atoms with E-state index in [0.717, 1.165) is 25.7 Å². The molecule has 0 saturated carbocycles. The molecule has 15 nitrogen and oxygen atoms in total. The largest absolute Gasteiger partial charge is 0.459 e. The number of unbranched alkanes of at least 4 members (excludes halogenated alkanes) is 5. The van der Waals surface area contributed by atoms with E-state index in [1.807, 2.05) is 33.8 Å². The van der Waals surface area contributed by atoms with Crippen LogP contribution in [0.2, 0.25) is 0 Å². The number of cyclic esters (lactones) is 1. The highest BCUT2D eigenvalue weighted by Gasteiger charge is 2.38. The molecule has 0 aromatic heterocycles. The Kier molecular flexibility index (Phi) is 22.1. The second kappa shape index (κ2) is 24.7. The zero-order valence-corrected chi connectivity index (χ0v) is 33.1. The number of amides is 5. The summed E-state index contributed by atoms with van der Waals surface area (Å²) < 4.78 is 5.90. The minimum atomic E-state index is -1.58. The molecule has 1 fully saturated rings. The molecule has 304 valence electrons. The van der Waals surface area contributed by atoms with Gasteiger partial charge in [0.05, 0.1) is 12.7 Å². The van der Waals surface area contributed by atoms with Gasteiger partial charge in [-0.3, -0.25) is 24.0 Å². The van der Waals surface area contributed by atoms with Gasteiger partial charge in [-0.1, -0.05) is 79.9 Å². The first-order chi connectivity index (χ1) is 24.9. The van der Waals surface area contributed by atoms with Gasteiger partial charge in [0.2, 0.25) is 29.5 Å². The van der Waals surface area contributed by atoms with Crippen molar-refractivity contribution >= 4 is 35.5 Å². The lowest BCUT2D eigenvalue weighted by molar-refractivity contribution is -0.157. The Morgan fingerprint density at radius 2 is 1.15 bits per heavy atom. The van der Waals surface area contributed by atoms with Crippen LogP contribution in [0.4, 0.5) is 0 Å². The zero-order valence-electron chi connectivity index (χ0n) is 33.1. The molecule has 8 atom stereocenters. The first-order valence-corrected chi connectivity index (χ1v) is 19.3. The van der Waals surface area contributed by atoms with Crippen LogP contribution in [-0.2, 0) is 33.5 Å². The Labute approximate surface area is 315 Å². The van der Waals surface area contributed by atoms with Gasteiger partial charge in [0.25, 0.3) is 0 Å². The molecule has 15 heteroatoms. The van der Waals surface area contributed by atoms with Crippen molar-refractivity contribution in [3.63, 3.8) is 0 Å². The minimum Gasteiger partial charge on any atom is -0.459 e. The highest BCUT2D eigenvalue weighted by molar-refractivity contribution is 5.97. The van der Waals surface area contributed by atoms with Crippen molar-refractivity contribution in [1.82, 2.24) is 26.6 Å². The van der Waals surface area contributed by atoms with Crippen LogP contribution in [-0.4, -0.2) is 101 Å². The summed E-state index contributed by atoms with van der Waals surface area (Å²) in [6.07, 6.45) is 8.78. The van der Waals surface area contributed by atoms with E-state index in [1.54, 1.807) is 13.8 Å². The number of allylic oxidation sites excluding steroid dienone is 2. The summed E-state index contributed by atoms with van der Waals surface area (Å²) in [5.74, 6) is -5.65. The Hall–Kier alpha value is -3.56. The molecular weight excluding hydrogens is 684 g/mol. The predicted octanol–water partition coefficient (Wildman–Crippen LogP) is 1.48. The van der Waals surface area contributed by atoms with E-state index in [2.05, 4.69) is 39.6 Å². The number of ether oxygens (including phenoxy) is 1. The van der Waals surface area contributed by atoms with E-state index in [-0.39, 0.29) is 31.1 Å². The summed E-state index contributed by atoms with van der Waals surface area (Å²) in [4.78, 5) is 81.3. The van der Waals surface area contributed by atoms with Gasteiger partial charge in [0.15, 0.2) is 0 Å². The molecule has 0 aromatic rings. The van der Waals surface area contributed by atoms with E-state index in [1.165, 1.54) is 13.3 Å². The fourth-order valence-electron chi connectivity index (χ4n) is 5.88. The van der Waals surface area contributed by atoms with Gasteiger partial charge in [-0.15, -0.1) is 0 Å². The maximum Gasteiger partial charge on any atom is 0.329 e. The summed E-state index contributed by atoms with van der Waals surface area (Å²) in [6.45, 7) is 13.3. The molecule has 0 bridgehead atoms. The summed E-state index contributed by atoms with van der Waals surface area (Å²) in [7, 11) is 0. The average molecular weight is 753 g/mol. The molecule has 1 rings (SSSR count). The number of aliphatic hydroxyl groups is 2. The highest BCUT2D eigenvalue weighted by atomic mass is 16.5. The third-order valence-corrected chi connectivity index (χ3v) is 9.00. The quantitative estimate of drug-likeness (QED) is 0.0642. The number of nitrogens with one attached hydrogen (secondary N) is 5. The number of carbonyl (C=O) groups is 6. The van der Waals surface area contributed by atoms with Gasteiger partial charge in [0, 0.05) is 0 Å². The maximum atomic E-state index is 13.8. The normalized spacial score (nSPS) is 26.6. The van der Waals surface area contributed by atoms with Crippen molar-refractivity contribution in [2.45, 2.75) is 168 Å². The summed E-state index contributed by atoms with van der Waals surface area (Å²) in [5.41, 5.74) is 6.46. The van der Waals surface area contributed by atoms with Gasteiger partial charge in [0.1, 0.15) is 42.4 Å². The number of nitrogens with two attached hydrogens (primary N) is 1. The van der Waals surface area contributed by atoms with Crippen LogP contribution >= 0.6 is 0 Å². The van der Waals surface area contributed by atoms with Crippen LogP contribution in [0.3, 0.4) is 0 Å². The first-order valence-electron chi connectivity index (χ1n) is 19.3.